The number of methoxy groups -OCH3 is 1. The molecule has 0 fully saturated rings. The third-order valence-corrected chi connectivity index (χ3v) is 3.46. The molecule has 2 aromatic rings. The molecule has 0 spiro atoms. The summed E-state index contributed by atoms with van der Waals surface area (Å²) in [4.78, 5) is 12.3. The molecule has 20 heavy (non-hydrogen) atoms. The van der Waals surface area contributed by atoms with Crippen LogP contribution in [0.1, 0.15) is 21.7 Å². The Morgan fingerprint density at radius 3 is 2.70 bits per heavy atom. The second-order valence-electron chi connectivity index (χ2n) is 4.21. The predicted octanol–water partition coefficient (Wildman–Crippen LogP) is 3.61. The molecule has 0 aliphatic rings. The monoisotopic (exact) mass is 338 g/mol. The number of halogens is 1. The predicted molar refractivity (Wildman–Crippen MR) is 78.4 cm³/mol. The number of rotatable bonds is 6. The van der Waals surface area contributed by atoms with E-state index in [1.807, 2.05) is 0 Å². The zero-order valence-corrected chi connectivity index (χ0v) is 12.9. The van der Waals surface area contributed by atoms with Crippen LogP contribution in [-0.4, -0.2) is 26.1 Å². The van der Waals surface area contributed by atoms with Crippen molar-refractivity contribution in [3.63, 3.8) is 0 Å². The molecule has 0 bridgehead atoms. The summed E-state index contributed by atoms with van der Waals surface area (Å²) in [5.41, 5.74) is 1.16. The van der Waals surface area contributed by atoms with E-state index in [0.29, 0.717) is 35.9 Å². The summed E-state index contributed by atoms with van der Waals surface area (Å²) >= 11 is 3.41. The molecule has 0 atom stereocenters. The quantitative estimate of drug-likeness (QED) is 0.596. The number of hydrogen-bond acceptors (Lipinski definition) is 4. The van der Waals surface area contributed by atoms with E-state index >= 15 is 0 Å². The number of ether oxygens (including phenoxy) is 2. The minimum atomic E-state index is -0.0691. The molecule has 1 aromatic heterocycles. The van der Waals surface area contributed by atoms with Crippen molar-refractivity contribution in [3.8, 4) is 5.75 Å². The fourth-order valence-electron chi connectivity index (χ4n) is 1.77. The molecule has 0 N–H and O–H groups in total. The van der Waals surface area contributed by atoms with Crippen molar-refractivity contribution in [2.75, 3.05) is 20.3 Å². The SMILES string of the molecule is COCCOc1ccc(C(=O)c2ccoc2C)cc1Br. The Labute approximate surface area is 125 Å². The van der Waals surface area contributed by atoms with Gasteiger partial charge in [0.25, 0.3) is 0 Å². The molecular weight excluding hydrogens is 324 g/mol. The molecule has 0 unspecified atom stereocenters. The summed E-state index contributed by atoms with van der Waals surface area (Å²) in [6, 6.07) is 6.93. The van der Waals surface area contributed by atoms with E-state index in [0.717, 1.165) is 4.47 Å². The van der Waals surface area contributed by atoms with Gasteiger partial charge in [0.1, 0.15) is 18.1 Å². The lowest BCUT2D eigenvalue weighted by molar-refractivity contribution is 0.103. The van der Waals surface area contributed by atoms with E-state index in [-0.39, 0.29) is 5.78 Å². The van der Waals surface area contributed by atoms with Gasteiger partial charge >= 0.3 is 0 Å². The first-order valence-corrected chi connectivity index (χ1v) is 6.93. The van der Waals surface area contributed by atoms with Gasteiger partial charge in [-0.2, -0.15) is 0 Å². The van der Waals surface area contributed by atoms with Crippen molar-refractivity contribution in [3.05, 3.63) is 51.9 Å². The lowest BCUT2D eigenvalue weighted by Crippen LogP contribution is -2.06. The third kappa shape index (κ3) is 3.29. The average molecular weight is 339 g/mol. The van der Waals surface area contributed by atoms with Gasteiger partial charge in [0.2, 0.25) is 0 Å². The lowest BCUT2D eigenvalue weighted by Gasteiger charge is -2.09. The number of carbonyl (C=O) groups is 1. The molecule has 0 saturated carbocycles. The molecular formula is C15H15BrO4. The van der Waals surface area contributed by atoms with E-state index < -0.39 is 0 Å². The molecule has 0 radical (unpaired) electrons. The second kappa shape index (κ2) is 6.72. The van der Waals surface area contributed by atoms with Gasteiger partial charge in [-0.25, -0.2) is 0 Å². The summed E-state index contributed by atoms with van der Waals surface area (Å²) in [7, 11) is 1.62. The molecule has 106 valence electrons. The molecule has 5 heteroatoms. The first-order valence-electron chi connectivity index (χ1n) is 6.13. The maximum atomic E-state index is 12.3. The van der Waals surface area contributed by atoms with Crippen LogP contribution >= 0.6 is 15.9 Å². The van der Waals surface area contributed by atoms with Gasteiger partial charge < -0.3 is 13.9 Å². The molecule has 0 saturated heterocycles. The number of furan rings is 1. The number of carbonyl (C=O) groups excluding carboxylic acids is 1. The summed E-state index contributed by atoms with van der Waals surface area (Å²) in [6.07, 6.45) is 1.51. The summed E-state index contributed by atoms with van der Waals surface area (Å²) in [6.45, 7) is 2.75. The van der Waals surface area contributed by atoms with Gasteiger partial charge in [-0.1, -0.05) is 0 Å². The smallest absolute Gasteiger partial charge is 0.196 e. The number of hydrogen-bond donors (Lipinski definition) is 0. The highest BCUT2D eigenvalue weighted by Gasteiger charge is 2.15. The van der Waals surface area contributed by atoms with Gasteiger partial charge in [-0.15, -0.1) is 0 Å². The molecule has 2 rings (SSSR count). The van der Waals surface area contributed by atoms with Crippen LogP contribution in [0.2, 0.25) is 0 Å². The van der Waals surface area contributed by atoms with Gasteiger partial charge in [0.05, 0.1) is 22.9 Å². The fourth-order valence-corrected chi connectivity index (χ4v) is 2.26. The van der Waals surface area contributed by atoms with E-state index in [1.165, 1.54) is 6.26 Å². The van der Waals surface area contributed by atoms with Crippen molar-refractivity contribution < 1.29 is 18.7 Å². The molecule has 0 aliphatic heterocycles. The van der Waals surface area contributed by atoms with E-state index in [4.69, 9.17) is 13.9 Å². The summed E-state index contributed by atoms with van der Waals surface area (Å²) in [5.74, 6) is 1.23. The Morgan fingerprint density at radius 1 is 1.30 bits per heavy atom. The molecule has 0 amide bonds. The first-order chi connectivity index (χ1) is 9.63. The first kappa shape index (κ1) is 14.8. The van der Waals surface area contributed by atoms with Crippen molar-refractivity contribution >= 4 is 21.7 Å². The van der Waals surface area contributed by atoms with Crippen LogP contribution in [0.4, 0.5) is 0 Å². The van der Waals surface area contributed by atoms with Crippen molar-refractivity contribution in [2.45, 2.75) is 6.92 Å². The third-order valence-electron chi connectivity index (χ3n) is 2.84. The van der Waals surface area contributed by atoms with Crippen molar-refractivity contribution in [1.29, 1.82) is 0 Å². The van der Waals surface area contributed by atoms with Crippen LogP contribution in [-0.2, 0) is 4.74 Å². The Morgan fingerprint density at radius 2 is 2.10 bits per heavy atom. The maximum absolute atomic E-state index is 12.3. The van der Waals surface area contributed by atoms with Gasteiger partial charge in [-0.05, 0) is 47.1 Å². The highest BCUT2D eigenvalue weighted by molar-refractivity contribution is 9.10. The molecule has 0 aliphatic carbocycles. The zero-order valence-electron chi connectivity index (χ0n) is 11.3. The van der Waals surface area contributed by atoms with Gasteiger partial charge in [0.15, 0.2) is 5.78 Å². The Hall–Kier alpha value is -1.59. The normalized spacial score (nSPS) is 10.6. The minimum Gasteiger partial charge on any atom is -0.490 e. The standard InChI is InChI=1S/C15H15BrO4/c1-10-12(5-6-19-10)15(17)11-3-4-14(13(16)9-11)20-8-7-18-2/h3-6,9H,7-8H2,1-2H3. The Kier molecular flexibility index (Phi) is 4.98. The Balaban J connectivity index is 2.16. The van der Waals surface area contributed by atoms with Crippen LogP contribution in [0.15, 0.2) is 39.4 Å². The van der Waals surface area contributed by atoms with Crippen molar-refractivity contribution in [1.82, 2.24) is 0 Å². The van der Waals surface area contributed by atoms with E-state index in [2.05, 4.69) is 15.9 Å². The zero-order chi connectivity index (χ0) is 14.5. The summed E-state index contributed by atoms with van der Waals surface area (Å²) in [5, 5.41) is 0. The number of aryl methyl sites for hydroxylation is 1. The highest BCUT2D eigenvalue weighted by atomic mass is 79.9. The van der Waals surface area contributed by atoms with Crippen LogP contribution in [0.5, 0.6) is 5.75 Å². The van der Waals surface area contributed by atoms with Crippen LogP contribution in [0.3, 0.4) is 0 Å². The minimum absolute atomic E-state index is 0.0691. The Bertz CT molecular complexity index is 604. The van der Waals surface area contributed by atoms with Gasteiger partial charge in [0, 0.05) is 12.7 Å². The number of ketones is 1. The highest BCUT2D eigenvalue weighted by Crippen LogP contribution is 2.27. The summed E-state index contributed by atoms with van der Waals surface area (Å²) < 4.78 is 16.3. The van der Waals surface area contributed by atoms with Crippen LogP contribution in [0, 0.1) is 6.92 Å². The maximum Gasteiger partial charge on any atom is 0.196 e. The molecule has 4 nitrogen and oxygen atoms in total. The van der Waals surface area contributed by atoms with E-state index in [9.17, 15) is 4.79 Å². The topological polar surface area (TPSA) is 48.7 Å². The average Bonchev–Trinajstić information content (AvgIpc) is 2.86. The largest absolute Gasteiger partial charge is 0.490 e. The molecule has 1 aromatic carbocycles. The van der Waals surface area contributed by atoms with Crippen LogP contribution in [0.25, 0.3) is 0 Å². The molecule has 1 heterocycles. The van der Waals surface area contributed by atoms with Crippen LogP contribution < -0.4 is 4.74 Å². The number of benzene rings is 1. The van der Waals surface area contributed by atoms with Crippen molar-refractivity contribution in [2.24, 2.45) is 0 Å². The lowest BCUT2D eigenvalue weighted by atomic mass is 10.0. The van der Waals surface area contributed by atoms with Gasteiger partial charge in [-0.3, -0.25) is 4.79 Å². The fraction of sp³-hybridized carbons (Fsp3) is 0.267. The second-order valence-corrected chi connectivity index (χ2v) is 5.06. The van der Waals surface area contributed by atoms with E-state index in [1.54, 1.807) is 38.3 Å².